The molecule has 130 valence electrons. The summed E-state index contributed by atoms with van der Waals surface area (Å²) in [5.74, 6) is 1.19. The first-order valence-electron chi connectivity index (χ1n) is 8.08. The monoisotopic (exact) mass is 340 g/mol. The highest BCUT2D eigenvalue weighted by Crippen LogP contribution is 2.29. The van der Waals surface area contributed by atoms with Crippen molar-refractivity contribution in [2.75, 3.05) is 13.7 Å². The van der Waals surface area contributed by atoms with E-state index in [4.69, 9.17) is 18.6 Å². The lowest BCUT2D eigenvalue weighted by atomic mass is 10.1. The van der Waals surface area contributed by atoms with Gasteiger partial charge in [-0.3, -0.25) is 0 Å². The van der Waals surface area contributed by atoms with Crippen molar-refractivity contribution >= 4 is 16.9 Å². The predicted octanol–water partition coefficient (Wildman–Crippen LogP) is 4.51. The number of carbonyl (C=O) groups excluding carboxylic acids is 1. The largest absolute Gasteiger partial charge is 0.497 e. The van der Waals surface area contributed by atoms with Crippen molar-refractivity contribution in [2.45, 2.75) is 20.5 Å². The molecule has 0 bridgehead atoms. The summed E-state index contributed by atoms with van der Waals surface area (Å²) in [6, 6.07) is 12.9. The summed E-state index contributed by atoms with van der Waals surface area (Å²) < 4.78 is 21.7. The molecule has 2 aromatic carbocycles. The summed E-state index contributed by atoms with van der Waals surface area (Å²) in [7, 11) is 1.60. The minimum atomic E-state index is -0.491. The number of furan rings is 1. The van der Waals surface area contributed by atoms with Crippen LogP contribution in [0.2, 0.25) is 0 Å². The van der Waals surface area contributed by atoms with Crippen LogP contribution in [0.1, 0.15) is 28.6 Å². The first-order valence-corrected chi connectivity index (χ1v) is 8.08. The molecular formula is C20H20O5. The van der Waals surface area contributed by atoms with Gasteiger partial charge in [-0.05, 0) is 49.7 Å². The van der Waals surface area contributed by atoms with Gasteiger partial charge in [-0.1, -0.05) is 12.1 Å². The third-order valence-corrected chi connectivity index (χ3v) is 3.91. The maximum atomic E-state index is 12.4. The lowest BCUT2D eigenvalue weighted by molar-refractivity contribution is 0.0437. The number of aryl methyl sites for hydroxylation is 1. The second-order valence-electron chi connectivity index (χ2n) is 5.57. The van der Waals surface area contributed by atoms with Crippen LogP contribution in [0.15, 0.2) is 46.9 Å². The highest BCUT2D eigenvalue weighted by Gasteiger charge is 2.19. The Hall–Kier alpha value is -2.95. The van der Waals surface area contributed by atoms with E-state index in [2.05, 4.69) is 0 Å². The van der Waals surface area contributed by atoms with Gasteiger partial charge in [0.05, 0.1) is 13.7 Å². The molecule has 0 fully saturated rings. The van der Waals surface area contributed by atoms with Crippen LogP contribution < -0.4 is 9.47 Å². The van der Waals surface area contributed by atoms with Gasteiger partial charge >= 0.3 is 5.97 Å². The van der Waals surface area contributed by atoms with E-state index in [-0.39, 0.29) is 12.4 Å². The van der Waals surface area contributed by atoms with E-state index in [0.29, 0.717) is 12.2 Å². The molecule has 0 unspecified atom stereocenters. The Morgan fingerprint density at radius 1 is 1.12 bits per heavy atom. The number of rotatable bonds is 6. The molecule has 3 rings (SSSR count). The molecular weight excluding hydrogens is 320 g/mol. The molecule has 0 spiro atoms. The van der Waals surface area contributed by atoms with E-state index < -0.39 is 5.97 Å². The molecule has 0 saturated heterocycles. The molecule has 5 heteroatoms. The minimum Gasteiger partial charge on any atom is -0.497 e. The number of fused-ring (bicyclic) bond motifs is 1. The van der Waals surface area contributed by atoms with Crippen molar-refractivity contribution in [3.05, 3.63) is 59.4 Å². The zero-order valence-electron chi connectivity index (χ0n) is 14.5. The van der Waals surface area contributed by atoms with E-state index >= 15 is 0 Å². The molecule has 0 atom stereocenters. The van der Waals surface area contributed by atoms with E-state index in [9.17, 15) is 4.79 Å². The number of esters is 1. The topological polar surface area (TPSA) is 57.9 Å². The predicted molar refractivity (Wildman–Crippen MR) is 94.2 cm³/mol. The molecule has 1 aromatic heterocycles. The maximum Gasteiger partial charge on any atom is 0.374 e. The third kappa shape index (κ3) is 3.60. The van der Waals surface area contributed by atoms with Gasteiger partial charge in [-0.25, -0.2) is 4.79 Å². The quantitative estimate of drug-likeness (QED) is 0.618. The van der Waals surface area contributed by atoms with Crippen LogP contribution in [0.3, 0.4) is 0 Å². The second-order valence-corrected chi connectivity index (χ2v) is 5.57. The SMILES string of the molecule is CCOc1ccc2oc(C(=O)OCc3cccc(OC)c3)c(C)c2c1. The van der Waals surface area contributed by atoms with Crippen molar-refractivity contribution in [3.8, 4) is 11.5 Å². The van der Waals surface area contributed by atoms with Gasteiger partial charge in [-0.2, -0.15) is 0 Å². The Labute approximate surface area is 146 Å². The normalized spacial score (nSPS) is 10.7. The molecule has 0 aliphatic carbocycles. The van der Waals surface area contributed by atoms with E-state index in [1.54, 1.807) is 13.2 Å². The summed E-state index contributed by atoms with van der Waals surface area (Å²) in [5, 5.41) is 0.847. The van der Waals surface area contributed by atoms with Crippen molar-refractivity contribution in [2.24, 2.45) is 0 Å². The summed E-state index contributed by atoms with van der Waals surface area (Å²) >= 11 is 0. The Morgan fingerprint density at radius 2 is 1.96 bits per heavy atom. The Morgan fingerprint density at radius 3 is 2.72 bits per heavy atom. The standard InChI is InChI=1S/C20H20O5/c1-4-23-16-8-9-18-17(11-16)13(2)19(25-18)20(21)24-12-14-6-5-7-15(10-14)22-3/h5-11H,4,12H2,1-3H3. The second kappa shape index (κ2) is 7.30. The maximum absolute atomic E-state index is 12.4. The van der Waals surface area contributed by atoms with E-state index in [1.807, 2.05) is 50.2 Å². The zero-order chi connectivity index (χ0) is 17.8. The number of hydrogen-bond acceptors (Lipinski definition) is 5. The fraction of sp³-hybridized carbons (Fsp3) is 0.250. The van der Waals surface area contributed by atoms with Crippen molar-refractivity contribution in [3.63, 3.8) is 0 Å². The smallest absolute Gasteiger partial charge is 0.374 e. The number of hydrogen-bond donors (Lipinski definition) is 0. The minimum absolute atomic E-state index is 0.150. The molecule has 0 radical (unpaired) electrons. The number of carbonyl (C=O) groups is 1. The van der Waals surface area contributed by atoms with E-state index in [0.717, 1.165) is 28.0 Å². The Bertz CT molecular complexity index is 894. The van der Waals surface area contributed by atoms with Gasteiger partial charge in [0.1, 0.15) is 23.7 Å². The van der Waals surface area contributed by atoms with Crippen LogP contribution in [0.4, 0.5) is 0 Å². The van der Waals surface area contributed by atoms with Gasteiger partial charge in [0, 0.05) is 10.9 Å². The van der Waals surface area contributed by atoms with Gasteiger partial charge < -0.3 is 18.6 Å². The fourth-order valence-corrected chi connectivity index (χ4v) is 2.63. The summed E-state index contributed by atoms with van der Waals surface area (Å²) in [4.78, 5) is 12.4. The van der Waals surface area contributed by atoms with Crippen molar-refractivity contribution < 1.29 is 23.4 Å². The van der Waals surface area contributed by atoms with Crippen LogP contribution in [0, 0.1) is 6.92 Å². The van der Waals surface area contributed by atoms with Gasteiger partial charge in [0.15, 0.2) is 0 Å². The Kier molecular flexibility index (Phi) is 4.93. The van der Waals surface area contributed by atoms with Crippen LogP contribution in [-0.2, 0) is 11.3 Å². The first-order chi connectivity index (χ1) is 12.1. The Balaban J connectivity index is 1.78. The summed E-state index contributed by atoms with van der Waals surface area (Å²) in [5.41, 5.74) is 2.22. The van der Waals surface area contributed by atoms with Crippen LogP contribution in [0.25, 0.3) is 11.0 Å². The van der Waals surface area contributed by atoms with Crippen molar-refractivity contribution in [1.29, 1.82) is 0 Å². The average Bonchev–Trinajstić information content (AvgIpc) is 2.97. The van der Waals surface area contributed by atoms with Crippen LogP contribution >= 0.6 is 0 Å². The molecule has 0 amide bonds. The van der Waals surface area contributed by atoms with Crippen molar-refractivity contribution in [1.82, 2.24) is 0 Å². The fourth-order valence-electron chi connectivity index (χ4n) is 2.63. The highest BCUT2D eigenvalue weighted by molar-refractivity contribution is 5.96. The van der Waals surface area contributed by atoms with E-state index in [1.165, 1.54) is 0 Å². The first kappa shape index (κ1) is 16.9. The van der Waals surface area contributed by atoms with Crippen LogP contribution in [-0.4, -0.2) is 19.7 Å². The highest BCUT2D eigenvalue weighted by atomic mass is 16.5. The molecule has 1 heterocycles. The average molecular weight is 340 g/mol. The third-order valence-electron chi connectivity index (χ3n) is 3.91. The van der Waals surface area contributed by atoms with Gasteiger partial charge in [0.25, 0.3) is 0 Å². The molecule has 0 N–H and O–H groups in total. The molecule has 25 heavy (non-hydrogen) atoms. The lowest BCUT2D eigenvalue weighted by Crippen LogP contribution is -2.05. The number of methoxy groups -OCH3 is 1. The molecule has 0 aliphatic heterocycles. The molecule has 0 saturated carbocycles. The lowest BCUT2D eigenvalue weighted by Gasteiger charge is -2.05. The number of benzene rings is 2. The summed E-state index contributed by atoms with van der Waals surface area (Å²) in [6.45, 7) is 4.49. The number of ether oxygens (including phenoxy) is 3. The molecule has 5 nitrogen and oxygen atoms in total. The zero-order valence-corrected chi connectivity index (χ0v) is 14.5. The summed E-state index contributed by atoms with van der Waals surface area (Å²) in [6.07, 6.45) is 0. The van der Waals surface area contributed by atoms with Crippen LogP contribution in [0.5, 0.6) is 11.5 Å². The van der Waals surface area contributed by atoms with Gasteiger partial charge in [-0.15, -0.1) is 0 Å². The van der Waals surface area contributed by atoms with Gasteiger partial charge in [0.2, 0.25) is 5.76 Å². The molecule has 3 aromatic rings. The molecule has 0 aliphatic rings.